The number of ether oxygens (including phenoxy) is 2. The van der Waals surface area contributed by atoms with E-state index in [-0.39, 0.29) is 0 Å². The summed E-state index contributed by atoms with van der Waals surface area (Å²) < 4.78 is 11.1. The van der Waals surface area contributed by atoms with Crippen LogP contribution in [0, 0.1) is 5.92 Å². The highest BCUT2D eigenvalue weighted by atomic mass is 32.1. The lowest BCUT2D eigenvalue weighted by molar-refractivity contribution is 0.0739. The van der Waals surface area contributed by atoms with Crippen LogP contribution in [0.25, 0.3) is 0 Å². The van der Waals surface area contributed by atoms with Crippen LogP contribution in [-0.2, 0) is 11.3 Å². The molecule has 0 bridgehead atoms. The number of methoxy groups -OCH3 is 1. The van der Waals surface area contributed by atoms with Crippen molar-refractivity contribution >= 4 is 17.2 Å². The van der Waals surface area contributed by atoms with Gasteiger partial charge in [-0.2, -0.15) is 0 Å². The Hall–Kier alpha value is -1.13. The van der Waals surface area contributed by atoms with Crippen LogP contribution in [0.5, 0.6) is 5.75 Å². The molecule has 1 aromatic carbocycles. The standard InChI is InChI=1S/C16H23NO2S/c1-18-15-8-7-13(9-14(15)16(17)20)11-19-10-12-5-3-2-4-6-12/h7-9,12H,2-6,10-11H2,1H3,(H2,17,20). The first-order valence-corrected chi connectivity index (χ1v) is 7.66. The van der Waals surface area contributed by atoms with Gasteiger partial charge in [-0.05, 0) is 36.5 Å². The Morgan fingerprint density at radius 2 is 2.05 bits per heavy atom. The smallest absolute Gasteiger partial charge is 0.129 e. The minimum Gasteiger partial charge on any atom is -0.496 e. The third kappa shape index (κ3) is 4.18. The Morgan fingerprint density at radius 1 is 1.30 bits per heavy atom. The highest BCUT2D eigenvalue weighted by Crippen LogP contribution is 2.24. The van der Waals surface area contributed by atoms with E-state index in [4.69, 9.17) is 27.4 Å². The maximum atomic E-state index is 5.84. The third-order valence-corrected chi connectivity index (χ3v) is 4.10. The maximum absolute atomic E-state index is 5.84. The molecule has 1 aromatic rings. The fraction of sp³-hybridized carbons (Fsp3) is 0.562. The molecule has 0 heterocycles. The molecular formula is C16H23NO2S. The number of hydrogen-bond acceptors (Lipinski definition) is 3. The summed E-state index contributed by atoms with van der Waals surface area (Å²) in [5.41, 5.74) is 7.58. The fourth-order valence-corrected chi connectivity index (χ4v) is 2.89. The van der Waals surface area contributed by atoms with E-state index in [0.717, 1.165) is 23.7 Å². The summed E-state index contributed by atoms with van der Waals surface area (Å²) in [7, 11) is 1.62. The SMILES string of the molecule is COc1ccc(COCC2CCCCC2)cc1C(N)=S. The summed E-state index contributed by atoms with van der Waals surface area (Å²) >= 11 is 5.05. The van der Waals surface area contributed by atoms with Gasteiger partial charge < -0.3 is 15.2 Å². The predicted molar refractivity (Wildman–Crippen MR) is 85.1 cm³/mol. The molecule has 1 fully saturated rings. The molecule has 0 aliphatic heterocycles. The molecule has 2 rings (SSSR count). The van der Waals surface area contributed by atoms with Crippen molar-refractivity contribution < 1.29 is 9.47 Å². The van der Waals surface area contributed by atoms with Gasteiger partial charge in [-0.3, -0.25) is 0 Å². The molecule has 110 valence electrons. The third-order valence-electron chi connectivity index (χ3n) is 3.88. The topological polar surface area (TPSA) is 44.5 Å². The van der Waals surface area contributed by atoms with E-state index in [2.05, 4.69) is 0 Å². The lowest BCUT2D eigenvalue weighted by atomic mass is 9.90. The molecule has 0 atom stereocenters. The first-order valence-electron chi connectivity index (χ1n) is 7.25. The molecule has 2 N–H and O–H groups in total. The van der Waals surface area contributed by atoms with Crippen LogP contribution in [-0.4, -0.2) is 18.7 Å². The van der Waals surface area contributed by atoms with Crippen LogP contribution in [0.2, 0.25) is 0 Å². The minimum absolute atomic E-state index is 0.357. The summed E-state index contributed by atoms with van der Waals surface area (Å²) in [6, 6.07) is 5.86. The summed E-state index contributed by atoms with van der Waals surface area (Å²) in [4.78, 5) is 0.357. The van der Waals surface area contributed by atoms with Crippen LogP contribution in [0.3, 0.4) is 0 Å². The van der Waals surface area contributed by atoms with Gasteiger partial charge in [0.1, 0.15) is 10.7 Å². The second kappa shape index (κ2) is 7.60. The average Bonchev–Trinajstić information content (AvgIpc) is 2.48. The molecular weight excluding hydrogens is 270 g/mol. The van der Waals surface area contributed by atoms with Gasteiger partial charge >= 0.3 is 0 Å². The molecule has 0 aromatic heterocycles. The first kappa shape index (κ1) is 15.3. The fourth-order valence-electron chi connectivity index (χ4n) is 2.73. The zero-order chi connectivity index (χ0) is 14.4. The van der Waals surface area contributed by atoms with E-state index in [9.17, 15) is 0 Å². The second-order valence-corrected chi connectivity index (χ2v) is 5.86. The molecule has 0 amide bonds. The number of thiocarbonyl (C=S) groups is 1. The van der Waals surface area contributed by atoms with Gasteiger partial charge in [0.15, 0.2) is 0 Å². The molecule has 20 heavy (non-hydrogen) atoms. The number of nitrogens with two attached hydrogens (primary N) is 1. The van der Waals surface area contributed by atoms with Gasteiger partial charge in [-0.25, -0.2) is 0 Å². The zero-order valence-electron chi connectivity index (χ0n) is 12.1. The highest BCUT2D eigenvalue weighted by molar-refractivity contribution is 7.80. The molecule has 1 aliphatic carbocycles. The van der Waals surface area contributed by atoms with Gasteiger partial charge in [0.2, 0.25) is 0 Å². The number of benzene rings is 1. The van der Waals surface area contributed by atoms with Crippen LogP contribution in [0.1, 0.15) is 43.2 Å². The van der Waals surface area contributed by atoms with Gasteiger partial charge in [-0.1, -0.05) is 37.5 Å². The van der Waals surface area contributed by atoms with Crippen molar-refractivity contribution in [1.29, 1.82) is 0 Å². The van der Waals surface area contributed by atoms with E-state index in [0.29, 0.717) is 17.3 Å². The number of rotatable bonds is 6. The first-order chi connectivity index (χ1) is 9.70. The van der Waals surface area contributed by atoms with Crippen molar-refractivity contribution in [3.05, 3.63) is 29.3 Å². The van der Waals surface area contributed by atoms with Crippen molar-refractivity contribution in [2.45, 2.75) is 38.7 Å². The average molecular weight is 293 g/mol. The van der Waals surface area contributed by atoms with E-state index in [1.165, 1.54) is 32.1 Å². The van der Waals surface area contributed by atoms with Crippen LogP contribution in [0.4, 0.5) is 0 Å². The predicted octanol–water partition coefficient (Wildman–Crippen LogP) is 3.43. The minimum atomic E-state index is 0.357. The molecule has 0 saturated heterocycles. The van der Waals surface area contributed by atoms with Gasteiger partial charge in [0.05, 0.1) is 19.3 Å². The lowest BCUT2D eigenvalue weighted by Crippen LogP contribution is -2.14. The lowest BCUT2D eigenvalue weighted by Gasteiger charge is -2.21. The maximum Gasteiger partial charge on any atom is 0.129 e. The van der Waals surface area contributed by atoms with Crippen LogP contribution >= 0.6 is 12.2 Å². The summed E-state index contributed by atoms with van der Waals surface area (Å²) in [6.45, 7) is 1.46. The van der Waals surface area contributed by atoms with Crippen molar-refractivity contribution in [3.8, 4) is 5.75 Å². The molecule has 4 heteroatoms. The Bertz CT molecular complexity index is 456. The van der Waals surface area contributed by atoms with Gasteiger partial charge in [-0.15, -0.1) is 0 Å². The molecule has 1 aliphatic rings. The zero-order valence-corrected chi connectivity index (χ0v) is 12.9. The van der Waals surface area contributed by atoms with Crippen molar-refractivity contribution in [1.82, 2.24) is 0 Å². The van der Waals surface area contributed by atoms with E-state index >= 15 is 0 Å². The quantitative estimate of drug-likeness (QED) is 0.816. The van der Waals surface area contributed by atoms with E-state index in [1.54, 1.807) is 7.11 Å². The molecule has 3 nitrogen and oxygen atoms in total. The normalized spacial score (nSPS) is 16.1. The van der Waals surface area contributed by atoms with E-state index in [1.807, 2.05) is 18.2 Å². The Morgan fingerprint density at radius 3 is 2.70 bits per heavy atom. The molecule has 0 spiro atoms. The van der Waals surface area contributed by atoms with Crippen molar-refractivity contribution in [2.24, 2.45) is 11.7 Å². The monoisotopic (exact) mass is 293 g/mol. The second-order valence-electron chi connectivity index (χ2n) is 5.42. The van der Waals surface area contributed by atoms with Crippen LogP contribution < -0.4 is 10.5 Å². The number of hydrogen-bond donors (Lipinski definition) is 1. The molecule has 1 saturated carbocycles. The van der Waals surface area contributed by atoms with Gasteiger partial charge in [0.25, 0.3) is 0 Å². The summed E-state index contributed by atoms with van der Waals surface area (Å²) in [5, 5.41) is 0. The molecule has 0 unspecified atom stereocenters. The summed E-state index contributed by atoms with van der Waals surface area (Å²) in [5.74, 6) is 1.45. The summed E-state index contributed by atoms with van der Waals surface area (Å²) in [6.07, 6.45) is 6.69. The van der Waals surface area contributed by atoms with Crippen LogP contribution in [0.15, 0.2) is 18.2 Å². The highest BCUT2D eigenvalue weighted by Gasteiger charge is 2.13. The van der Waals surface area contributed by atoms with Crippen molar-refractivity contribution in [3.63, 3.8) is 0 Å². The van der Waals surface area contributed by atoms with E-state index < -0.39 is 0 Å². The largest absolute Gasteiger partial charge is 0.496 e. The Balaban J connectivity index is 1.89. The van der Waals surface area contributed by atoms with Gasteiger partial charge in [0, 0.05) is 6.61 Å². The van der Waals surface area contributed by atoms with Crippen molar-refractivity contribution in [2.75, 3.05) is 13.7 Å². The Kier molecular flexibility index (Phi) is 5.80. The Labute approximate surface area is 126 Å². The molecule has 0 radical (unpaired) electrons.